The number of carbonyl (C=O) groups excluding carboxylic acids is 4. The van der Waals surface area contributed by atoms with Gasteiger partial charge in [-0.3, -0.25) is 19.3 Å². The molecule has 6 nitrogen and oxygen atoms in total. The van der Waals surface area contributed by atoms with Crippen molar-refractivity contribution in [3.63, 3.8) is 0 Å². The fourth-order valence-electron chi connectivity index (χ4n) is 3.37. The molecule has 132 valence electrons. The standard InChI is InChI=1S/C19H21NO5/c1-11(2)10-14(19(24)25-16-9-5-8-15(16)21)20-17(22)12-6-3-4-7-13(12)18(20)23/h3-4,6-7,11,14,16H,5,8-10H2,1-2H3/t14-,16-/m0/s1. The Hall–Kier alpha value is -2.50. The first-order valence-electron chi connectivity index (χ1n) is 8.60. The smallest absolute Gasteiger partial charge is 0.330 e. The summed E-state index contributed by atoms with van der Waals surface area (Å²) in [6.07, 6.45) is 1.14. The van der Waals surface area contributed by atoms with Crippen LogP contribution in [0.25, 0.3) is 0 Å². The van der Waals surface area contributed by atoms with Gasteiger partial charge in [0.15, 0.2) is 11.9 Å². The fourth-order valence-corrected chi connectivity index (χ4v) is 3.37. The van der Waals surface area contributed by atoms with E-state index in [1.54, 1.807) is 24.3 Å². The van der Waals surface area contributed by atoms with Crippen molar-refractivity contribution in [3.8, 4) is 0 Å². The molecule has 1 fully saturated rings. The van der Waals surface area contributed by atoms with Crippen molar-refractivity contribution in [1.29, 1.82) is 0 Å². The van der Waals surface area contributed by atoms with Crippen molar-refractivity contribution >= 4 is 23.6 Å². The number of hydrogen-bond donors (Lipinski definition) is 0. The van der Waals surface area contributed by atoms with E-state index >= 15 is 0 Å². The van der Waals surface area contributed by atoms with Crippen LogP contribution in [0.4, 0.5) is 0 Å². The van der Waals surface area contributed by atoms with Gasteiger partial charge >= 0.3 is 5.97 Å². The van der Waals surface area contributed by atoms with Crippen molar-refractivity contribution in [1.82, 2.24) is 4.90 Å². The molecule has 1 aromatic rings. The minimum absolute atomic E-state index is 0.0705. The topological polar surface area (TPSA) is 80.8 Å². The number of carbonyl (C=O) groups is 4. The van der Waals surface area contributed by atoms with Gasteiger partial charge in [0.25, 0.3) is 11.8 Å². The summed E-state index contributed by atoms with van der Waals surface area (Å²) in [7, 11) is 0. The molecule has 0 radical (unpaired) electrons. The third-order valence-corrected chi connectivity index (χ3v) is 4.61. The molecule has 3 rings (SSSR count). The van der Waals surface area contributed by atoms with E-state index in [9.17, 15) is 19.2 Å². The van der Waals surface area contributed by atoms with E-state index in [1.165, 1.54) is 0 Å². The summed E-state index contributed by atoms with van der Waals surface area (Å²) in [5.74, 6) is -1.68. The molecule has 1 heterocycles. The van der Waals surface area contributed by atoms with Crippen LogP contribution in [0.1, 0.15) is 60.2 Å². The molecule has 0 aromatic heterocycles. The van der Waals surface area contributed by atoms with Crippen LogP contribution in [0, 0.1) is 5.92 Å². The summed E-state index contributed by atoms with van der Waals surface area (Å²) in [5, 5.41) is 0. The average molecular weight is 343 g/mol. The minimum atomic E-state index is -1.01. The number of fused-ring (bicyclic) bond motifs is 1. The maximum Gasteiger partial charge on any atom is 0.330 e. The Labute approximate surface area is 146 Å². The maximum atomic E-state index is 12.7. The van der Waals surface area contributed by atoms with Gasteiger partial charge in [-0.25, -0.2) is 4.79 Å². The van der Waals surface area contributed by atoms with Crippen LogP contribution in [-0.2, 0) is 14.3 Å². The third-order valence-electron chi connectivity index (χ3n) is 4.61. The molecular weight excluding hydrogens is 322 g/mol. The van der Waals surface area contributed by atoms with Crippen LogP contribution in [0.2, 0.25) is 0 Å². The lowest BCUT2D eigenvalue weighted by Gasteiger charge is -2.27. The van der Waals surface area contributed by atoms with Crippen molar-refractivity contribution < 1.29 is 23.9 Å². The molecule has 1 aromatic carbocycles. The molecule has 0 spiro atoms. The normalized spacial score (nSPS) is 21.0. The van der Waals surface area contributed by atoms with E-state index in [2.05, 4.69) is 0 Å². The van der Waals surface area contributed by atoms with Gasteiger partial charge in [0.05, 0.1) is 11.1 Å². The molecule has 1 saturated carbocycles. The Kier molecular flexibility index (Phi) is 4.70. The van der Waals surface area contributed by atoms with Crippen LogP contribution < -0.4 is 0 Å². The van der Waals surface area contributed by atoms with Crippen LogP contribution >= 0.6 is 0 Å². The van der Waals surface area contributed by atoms with Crippen LogP contribution in [0.15, 0.2) is 24.3 Å². The van der Waals surface area contributed by atoms with Crippen molar-refractivity contribution in [2.75, 3.05) is 0 Å². The zero-order chi connectivity index (χ0) is 18.1. The number of imide groups is 1. The number of benzene rings is 1. The summed E-state index contributed by atoms with van der Waals surface area (Å²) in [6, 6.07) is 5.50. The second-order valence-corrected chi connectivity index (χ2v) is 6.96. The highest BCUT2D eigenvalue weighted by Crippen LogP contribution is 2.28. The monoisotopic (exact) mass is 343 g/mol. The van der Waals surface area contributed by atoms with Gasteiger partial charge in [-0.1, -0.05) is 26.0 Å². The fraction of sp³-hybridized carbons (Fsp3) is 0.474. The molecule has 1 aliphatic carbocycles. The van der Waals surface area contributed by atoms with E-state index in [0.717, 1.165) is 4.90 Å². The SMILES string of the molecule is CC(C)C[C@@H](C(=O)O[C@H]1CCCC1=O)N1C(=O)c2ccccc2C1=O. The average Bonchev–Trinajstić information content (AvgIpc) is 3.08. The molecule has 2 atom stereocenters. The van der Waals surface area contributed by atoms with Gasteiger partial charge in [-0.15, -0.1) is 0 Å². The molecule has 0 bridgehead atoms. The summed E-state index contributed by atoms with van der Waals surface area (Å²) >= 11 is 0. The molecule has 6 heteroatoms. The van der Waals surface area contributed by atoms with Gasteiger partial charge in [0.1, 0.15) is 6.04 Å². The predicted molar refractivity (Wildman–Crippen MR) is 88.9 cm³/mol. The molecule has 1 aliphatic heterocycles. The van der Waals surface area contributed by atoms with Crippen LogP contribution in [0.5, 0.6) is 0 Å². The zero-order valence-corrected chi connectivity index (χ0v) is 14.4. The summed E-state index contributed by atoms with van der Waals surface area (Å²) in [4.78, 5) is 50.8. The Morgan fingerprint density at radius 3 is 2.24 bits per heavy atom. The number of ketones is 1. The van der Waals surface area contributed by atoms with Gasteiger partial charge in [-0.2, -0.15) is 0 Å². The first kappa shape index (κ1) is 17.3. The van der Waals surface area contributed by atoms with Gasteiger partial charge in [0.2, 0.25) is 0 Å². The lowest BCUT2D eigenvalue weighted by atomic mass is 10.0. The first-order valence-corrected chi connectivity index (χ1v) is 8.60. The predicted octanol–water partition coefficient (Wildman–Crippen LogP) is 2.36. The van der Waals surface area contributed by atoms with E-state index in [1.807, 2.05) is 13.8 Å². The lowest BCUT2D eigenvalue weighted by Crippen LogP contribution is -2.47. The Morgan fingerprint density at radius 2 is 1.76 bits per heavy atom. The highest BCUT2D eigenvalue weighted by molar-refractivity contribution is 6.22. The van der Waals surface area contributed by atoms with E-state index < -0.39 is 29.9 Å². The number of rotatable bonds is 5. The summed E-state index contributed by atoms with van der Waals surface area (Å²) in [6.45, 7) is 3.80. The Bertz CT molecular complexity index is 704. The number of hydrogen-bond acceptors (Lipinski definition) is 5. The quantitative estimate of drug-likeness (QED) is 0.605. The second-order valence-electron chi connectivity index (χ2n) is 6.96. The lowest BCUT2D eigenvalue weighted by molar-refractivity contribution is -0.158. The summed E-state index contributed by atoms with van der Waals surface area (Å²) < 4.78 is 5.36. The zero-order valence-electron chi connectivity index (χ0n) is 14.4. The van der Waals surface area contributed by atoms with Crippen LogP contribution in [-0.4, -0.2) is 40.6 Å². The second kappa shape index (κ2) is 6.78. The molecule has 2 amide bonds. The summed E-state index contributed by atoms with van der Waals surface area (Å²) in [5.41, 5.74) is 0.594. The van der Waals surface area contributed by atoms with E-state index in [0.29, 0.717) is 36.8 Å². The van der Waals surface area contributed by atoms with Crippen molar-refractivity contribution in [2.24, 2.45) is 5.92 Å². The molecule has 0 saturated heterocycles. The Morgan fingerprint density at radius 1 is 1.16 bits per heavy atom. The first-order chi connectivity index (χ1) is 11.9. The highest BCUT2D eigenvalue weighted by Gasteiger charge is 2.44. The van der Waals surface area contributed by atoms with Crippen molar-refractivity contribution in [3.05, 3.63) is 35.4 Å². The number of nitrogens with zero attached hydrogens (tertiary/aromatic N) is 1. The van der Waals surface area contributed by atoms with Crippen LogP contribution in [0.3, 0.4) is 0 Å². The van der Waals surface area contributed by atoms with E-state index in [4.69, 9.17) is 4.74 Å². The third kappa shape index (κ3) is 3.21. The number of esters is 1. The molecular formula is C19H21NO5. The number of amides is 2. The van der Waals surface area contributed by atoms with Gasteiger partial charge in [-0.05, 0) is 37.3 Å². The molecule has 2 aliphatic rings. The highest BCUT2D eigenvalue weighted by atomic mass is 16.5. The number of Topliss-reactive ketones (excluding diaryl/α,β-unsaturated/α-hetero) is 1. The van der Waals surface area contributed by atoms with Gasteiger partial charge < -0.3 is 4.74 Å². The van der Waals surface area contributed by atoms with E-state index in [-0.39, 0.29) is 11.7 Å². The largest absolute Gasteiger partial charge is 0.453 e. The Balaban J connectivity index is 1.86. The molecule has 0 N–H and O–H groups in total. The molecule has 0 unspecified atom stereocenters. The maximum absolute atomic E-state index is 12.7. The minimum Gasteiger partial charge on any atom is -0.453 e. The number of ether oxygens (including phenoxy) is 1. The van der Waals surface area contributed by atoms with Gasteiger partial charge in [0, 0.05) is 6.42 Å². The van der Waals surface area contributed by atoms with Crippen molar-refractivity contribution in [2.45, 2.75) is 51.7 Å². The molecule has 25 heavy (non-hydrogen) atoms.